The number of likely N-dealkylation sites (N-methyl/N-ethyl adjacent to an activating group) is 1. The van der Waals surface area contributed by atoms with Crippen molar-refractivity contribution >= 4 is 36.0 Å². The van der Waals surface area contributed by atoms with Crippen LogP contribution in [0.4, 0.5) is 0 Å². The lowest BCUT2D eigenvalue weighted by molar-refractivity contribution is -0.138. The molecule has 9 heteroatoms. The first-order valence-electron chi connectivity index (χ1n) is 6.87. The first-order valence-corrected chi connectivity index (χ1v) is 8.09. The van der Waals surface area contributed by atoms with Crippen LogP contribution >= 0.6 is 24.2 Å². The van der Waals surface area contributed by atoms with E-state index in [-0.39, 0.29) is 31.4 Å². The highest BCUT2D eigenvalue weighted by molar-refractivity contribution is 7.98. The Bertz CT molecular complexity index is 571. The van der Waals surface area contributed by atoms with Gasteiger partial charge >= 0.3 is 5.97 Å². The average Bonchev–Trinajstić information content (AvgIpc) is 2.52. The Morgan fingerprint density at radius 1 is 1.25 bits per heavy atom. The molecule has 0 saturated heterocycles. The molecule has 1 aromatic carbocycles. The lowest BCUT2D eigenvalue weighted by Crippen LogP contribution is -2.37. The van der Waals surface area contributed by atoms with Gasteiger partial charge in [0.25, 0.3) is 0 Å². The number of carbonyl (C=O) groups excluding carboxylic acids is 1. The summed E-state index contributed by atoms with van der Waals surface area (Å²) < 4.78 is 10.6. The zero-order chi connectivity index (χ0) is 17.4. The fraction of sp³-hybridized carbons (Fsp3) is 0.467. The van der Waals surface area contributed by atoms with Gasteiger partial charge in [-0.2, -0.15) is 0 Å². The summed E-state index contributed by atoms with van der Waals surface area (Å²) in [6.07, 6.45) is 1.96. The summed E-state index contributed by atoms with van der Waals surface area (Å²) in [5.41, 5.74) is 1.00. The SMILES string of the molecule is COc1cc(CN(C)CC(=O)NCC(=O)O)c(SC)cc1OC.Cl. The predicted octanol–water partition coefficient (Wildman–Crippen LogP) is 1.48. The number of aliphatic carboxylic acids is 1. The molecule has 0 bridgehead atoms. The molecule has 0 atom stereocenters. The number of methoxy groups -OCH3 is 2. The minimum absolute atomic E-state index is 0. The van der Waals surface area contributed by atoms with Crippen molar-refractivity contribution in [3.8, 4) is 11.5 Å². The number of amides is 1. The van der Waals surface area contributed by atoms with Gasteiger partial charge in [0.1, 0.15) is 6.54 Å². The summed E-state index contributed by atoms with van der Waals surface area (Å²) in [6, 6.07) is 3.79. The number of carboxylic acids is 1. The fourth-order valence-corrected chi connectivity index (χ4v) is 2.65. The molecular weight excluding hydrogens is 356 g/mol. The number of carbonyl (C=O) groups is 2. The summed E-state index contributed by atoms with van der Waals surface area (Å²) >= 11 is 1.58. The van der Waals surface area contributed by atoms with Crippen LogP contribution in [0.2, 0.25) is 0 Å². The van der Waals surface area contributed by atoms with Gasteiger partial charge in [0.2, 0.25) is 5.91 Å². The van der Waals surface area contributed by atoms with Gasteiger partial charge in [-0.15, -0.1) is 24.2 Å². The van der Waals surface area contributed by atoms with Crippen molar-refractivity contribution in [2.24, 2.45) is 0 Å². The molecule has 2 N–H and O–H groups in total. The van der Waals surface area contributed by atoms with Crippen LogP contribution in [0.15, 0.2) is 17.0 Å². The Morgan fingerprint density at radius 3 is 2.33 bits per heavy atom. The number of carboxylic acid groups (broad SMARTS) is 1. The Kier molecular flexibility index (Phi) is 10.3. The van der Waals surface area contributed by atoms with E-state index in [2.05, 4.69) is 5.32 Å². The molecule has 0 aliphatic carbocycles. The van der Waals surface area contributed by atoms with Gasteiger partial charge in [-0.05, 0) is 31.0 Å². The summed E-state index contributed by atoms with van der Waals surface area (Å²) in [6.45, 7) is 0.256. The van der Waals surface area contributed by atoms with Crippen LogP contribution in [-0.4, -0.2) is 62.5 Å². The largest absolute Gasteiger partial charge is 0.493 e. The molecule has 0 unspecified atom stereocenters. The monoisotopic (exact) mass is 378 g/mol. The second kappa shape index (κ2) is 11.0. The lowest BCUT2D eigenvalue weighted by Gasteiger charge is -2.19. The van der Waals surface area contributed by atoms with Crippen LogP contribution in [0.1, 0.15) is 5.56 Å². The number of benzene rings is 1. The van der Waals surface area contributed by atoms with E-state index in [0.29, 0.717) is 18.0 Å². The van der Waals surface area contributed by atoms with Crippen molar-refractivity contribution in [2.75, 3.05) is 40.6 Å². The minimum atomic E-state index is -1.06. The van der Waals surface area contributed by atoms with E-state index >= 15 is 0 Å². The normalized spacial score (nSPS) is 10.0. The van der Waals surface area contributed by atoms with Crippen molar-refractivity contribution in [2.45, 2.75) is 11.4 Å². The maximum atomic E-state index is 11.7. The van der Waals surface area contributed by atoms with Crippen molar-refractivity contribution in [3.63, 3.8) is 0 Å². The standard InChI is InChI=1S/C15H22N2O5S.ClH/c1-17(9-14(18)16-7-15(19)20)8-10-5-11(21-2)12(22-3)6-13(10)23-4;/h5-6H,7-9H2,1-4H3,(H,16,18)(H,19,20);1H. The van der Waals surface area contributed by atoms with Crippen molar-refractivity contribution < 1.29 is 24.2 Å². The molecule has 0 fully saturated rings. The van der Waals surface area contributed by atoms with Gasteiger partial charge < -0.3 is 19.9 Å². The van der Waals surface area contributed by atoms with Crippen LogP contribution in [-0.2, 0) is 16.1 Å². The summed E-state index contributed by atoms with van der Waals surface area (Å²) in [7, 11) is 4.95. The average molecular weight is 379 g/mol. The smallest absolute Gasteiger partial charge is 0.322 e. The Morgan fingerprint density at radius 2 is 1.83 bits per heavy atom. The number of halogens is 1. The third-order valence-electron chi connectivity index (χ3n) is 3.08. The van der Waals surface area contributed by atoms with Crippen LogP contribution < -0.4 is 14.8 Å². The molecule has 0 radical (unpaired) electrons. The number of ether oxygens (including phenoxy) is 2. The third-order valence-corrected chi connectivity index (χ3v) is 3.90. The molecule has 1 rings (SSSR count). The number of thioether (sulfide) groups is 1. The highest BCUT2D eigenvalue weighted by atomic mass is 35.5. The first-order chi connectivity index (χ1) is 10.9. The molecular formula is C15H23ClN2O5S. The zero-order valence-electron chi connectivity index (χ0n) is 14.1. The van der Waals surface area contributed by atoms with Crippen LogP contribution in [0.3, 0.4) is 0 Å². The van der Waals surface area contributed by atoms with E-state index in [1.807, 2.05) is 18.4 Å². The molecule has 0 aliphatic rings. The molecule has 0 spiro atoms. The first kappa shape index (κ1) is 22.4. The minimum Gasteiger partial charge on any atom is -0.493 e. The maximum Gasteiger partial charge on any atom is 0.322 e. The second-order valence-corrected chi connectivity index (χ2v) is 5.71. The summed E-state index contributed by atoms with van der Waals surface area (Å²) in [5, 5.41) is 10.9. The van der Waals surface area contributed by atoms with Gasteiger partial charge in [-0.25, -0.2) is 0 Å². The Labute approximate surface area is 152 Å². The van der Waals surface area contributed by atoms with Crippen LogP contribution in [0.25, 0.3) is 0 Å². The second-order valence-electron chi connectivity index (χ2n) is 4.86. The zero-order valence-corrected chi connectivity index (χ0v) is 15.8. The molecule has 0 aromatic heterocycles. The van der Waals surface area contributed by atoms with Gasteiger partial charge in [0.15, 0.2) is 11.5 Å². The maximum absolute atomic E-state index is 11.7. The van der Waals surface area contributed by atoms with E-state index in [0.717, 1.165) is 10.5 Å². The number of hydrogen-bond acceptors (Lipinski definition) is 6. The molecule has 136 valence electrons. The predicted molar refractivity (Wildman–Crippen MR) is 95.6 cm³/mol. The van der Waals surface area contributed by atoms with Gasteiger partial charge in [0, 0.05) is 11.4 Å². The molecule has 1 amide bonds. The van der Waals surface area contributed by atoms with E-state index in [1.54, 1.807) is 37.9 Å². The van der Waals surface area contributed by atoms with Crippen LogP contribution in [0.5, 0.6) is 11.5 Å². The van der Waals surface area contributed by atoms with Crippen molar-refractivity contribution in [1.29, 1.82) is 0 Å². The summed E-state index contributed by atoms with van der Waals surface area (Å²) in [4.78, 5) is 24.9. The van der Waals surface area contributed by atoms with Gasteiger partial charge in [-0.3, -0.25) is 14.5 Å². The van der Waals surface area contributed by atoms with Crippen molar-refractivity contribution in [1.82, 2.24) is 10.2 Å². The van der Waals surface area contributed by atoms with Crippen LogP contribution in [0, 0.1) is 0 Å². The highest BCUT2D eigenvalue weighted by Gasteiger charge is 2.14. The molecule has 0 saturated carbocycles. The van der Waals surface area contributed by atoms with E-state index in [9.17, 15) is 9.59 Å². The lowest BCUT2D eigenvalue weighted by atomic mass is 10.2. The highest BCUT2D eigenvalue weighted by Crippen LogP contribution is 2.34. The number of nitrogens with one attached hydrogen (secondary N) is 1. The molecule has 0 aliphatic heterocycles. The van der Waals surface area contributed by atoms with Gasteiger partial charge in [0.05, 0.1) is 20.8 Å². The van der Waals surface area contributed by atoms with E-state index in [4.69, 9.17) is 14.6 Å². The van der Waals surface area contributed by atoms with E-state index < -0.39 is 5.97 Å². The number of hydrogen-bond donors (Lipinski definition) is 2. The quantitative estimate of drug-likeness (QED) is 0.629. The fourth-order valence-electron chi connectivity index (χ4n) is 2.04. The Hall–Kier alpha value is -1.64. The molecule has 24 heavy (non-hydrogen) atoms. The summed E-state index contributed by atoms with van der Waals surface area (Å²) in [5.74, 6) is -0.113. The molecule has 0 heterocycles. The van der Waals surface area contributed by atoms with Gasteiger partial charge in [-0.1, -0.05) is 0 Å². The number of nitrogens with zero attached hydrogens (tertiary/aromatic N) is 1. The molecule has 1 aromatic rings. The topological polar surface area (TPSA) is 88.1 Å². The number of rotatable bonds is 9. The van der Waals surface area contributed by atoms with Crippen molar-refractivity contribution in [3.05, 3.63) is 17.7 Å². The third kappa shape index (κ3) is 6.86. The molecule has 7 nitrogen and oxygen atoms in total. The Balaban J connectivity index is 0.00000529. The van der Waals surface area contributed by atoms with E-state index in [1.165, 1.54) is 0 Å².